The molecule has 0 aromatic carbocycles. The van der Waals surface area contributed by atoms with Gasteiger partial charge in [-0.1, -0.05) is 0 Å². The predicted molar refractivity (Wildman–Crippen MR) is 90.1 cm³/mol. The van der Waals surface area contributed by atoms with Gasteiger partial charge in [0.05, 0.1) is 0 Å². The van der Waals surface area contributed by atoms with Crippen molar-refractivity contribution >= 4 is 23.9 Å². The van der Waals surface area contributed by atoms with E-state index in [0.29, 0.717) is 4.57 Å². The topological polar surface area (TPSA) is 191 Å². The summed E-state index contributed by atoms with van der Waals surface area (Å²) >= 11 is 0. The third-order valence-electron chi connectivity index (χ3n) is 4.04. The molecule has 0 aliphatic carbocycles. The summed E-state index contributed by atoms with van der Waals surface area (Å²) in [4.78, 5) is 69.6. The molecule has 2 rings (SSSR count). The summed E-state index contributed by atoms with van der Waals surface area (Å²) in [6.07, 6.45) is -6.26. The number of rotatable bonds is 8. The number of aromatic amines is 1. The van der Waals surface area contributed by atoms with Crippen LogP contribution in [0.25, 0.3) is 0 Å². The standard InChI is InChI=1S/C16H17FN2O11/c1-16(17)13(30-12(26)5-10(23)24)7(6-28-11(25)4-9(21)22)29-14(16)19-3-2-8(20)18-15(19)27/h2-3,7,13-14H,4-6H2,1H3,(H,21,22)(H,23,24)(H,18,20,27)/t7-,13-,14-,16-/m1/s1. The van der Waals surface area contributed by atoms with Crippen LogP contribution < -0.4 is 11.2 Å². The highest BCUT2D eigenvalue weighted by Gasteiger charge is 2.58. The van der Waals surface area contributed by atoms with Crippen LogP contribution in [-0.4, -0.2) is 68.1 Å². The molecule has 13 nitrogen and oxygen atoms in total. The second kappa shape index (κ2) is 8.86. The zero-order valence-corrected chi connectivity index (χ0v) is 15.4. The van der Waals surface area contributed by atoms with Crippen molar-refractivity contribution in [1.29, 1.82) is 0 Å². The number of carboxylic acid groups (broad SMARTS) is 2. The smallest absolute Gasteiger partial charge is 0.330 e. The first-order valence-corrected chi connectivity index (χ1v) is 8.36. The molecule has 3 N–H and O–H groups in total. The third-order valence-corrected chi connectivity index (χ3v) is 4.04. The number of aromatic nitrogens is 2. The predicted octanol–water partition coefficient (Wildman–Crippen LogP) is -1.43. The van der Waals surface area contributed by atoms with E-state index in [-0.39, 0.29) is 0 Å². The maximum absolute atomic E-state index is 15.6. The van der Waals surface area contributed by atoms with Crippen molar-refractivity contribution in [1.82, 2.24) is 9.55 Å². The Labute approximate surface area is 166 Å². The van der Waals surface area contributed by atoms with Gasteiger partial charge in [0.25, 0.3) is 5.56 Å². The van der Waals surface area contributed by atoms with Gasteiger partial charge in [-0.25, -0.2) is 9.18 Å². The summed E-state index contributed by atoms with van der Waals surface area (Å²) in [7, 11) is 0. The van der Waals surface area contributed by atoms with Gasteiger partial charge in [0.2, 0.25) is 0 Å². The molecule has 164 valence electrons. The second-order valence-electron chi connectivity index (χ2n) is 6.43. The Morgan fingerprint density at radius 2 is 1.80 bits per heavy atom. The van der Waals surface area contributed by atoms with Crippen molar-refractivity contribution in [3.63, 3.8) is 0 Å². The molecular weight excluding hydrogens is 415 g/mol. The van der Waals surface area contributed by atoms with Gasteiger partial charge in [0.1, 0.15) is 25.6 Å². The number of nitrogens with one attached hydrogen (secondary N) is 1. The molecule has 0 spiro atoms. The first kappa shape index (κ1) is 22.7. The Morgan fingerprint density at radius 1 is 1.20 bits per heavy atom. The lowest BCUT2D eigenvalue weighted by Gasteiger charge is -2.27. The van der Waals surface area contributed by atoms with Crippen molar-refractivity contribution in [2.45, 2.75) is 43.9 Å². The summed E-state index contributed by atoms with van der Waals surface area (Å²) in [6.45, 7) is 0.137. The van der Waals surface area contributed by atoms with Gasteiger partial charge >= 0.3 is 29.6 Å². The molecule has 0 bridgehead atoms. The van der Waals surface area contributed by atoms with E-state index in [9.17, 15) is 28.8 Å². The highest BCUT2D eigenvalue weighted by molar-refractivity contribution is 5.90. The van der Waals surface area contributed by atoms with Crippen LogP contribution in [0.15, 0.2) is 21.9 Å². The Bertz CT molecular complexity index is 966. The van der Waals surface area contributed by atoms with E-state index in [4.69, 9.17) is 24.4 Å². The zero-order valence-electron chi connectivity index (χ0n) is 15.4. The average Bonchev–Trinajstić information content (AvgIpc) is 2.83. The Kier molecular flexibility index (Phi) is 6.71. The number of hydrogen-bond acceptors (Lipinski definition) is 9. The lowest BCUT2D eigenvalue weighted by Crippen LogP contribution is -2.46. The van der Waals surface area contributed by atoms with E-state index in [1.807, 2.05) is 4.98 Å². The van der Waals surface area contributed by atoms with Crippen molar-refractivity contribution < 1.29 is 48.0 Å². The summed E-state index contributed by atoms with van der Waals surface area (Å²) in [5.74, 6) is -5.54. The monoisotopic (exact) mass is 432 g/mol. The van der Waals surface area contributed by atoms with Crippen molar-refractivity contribution in [2.75, 3.05) is 6.61 Å². The molecule has 30 heavy (non-hydrogen) atoms. The van der Waals surface area contributed by atoms with Crippen LogP contribution in [0.5, 0.6) is 0 Å². The van der Waals surface area contributed by atoms with Gasteiger partial charge in [-0.3, -0.25) is 33.5 Å². The fraction of sp³-hybridized carbons (Fsp3) is 0.500. The molecule has 1 aromatic rings. The van der Waals surface area contributed by atoms with Gasteiger partial charge in [-0.2, -0.15) is 0 Å². The SMILES string of the molecule is C[C@@]1(F)[C@H](OC(=O)CC(=O)O)[C@@H](COC(=O)CC(=O)O)O[C@H]1n1ccc(=O)[nH]c1=O. The molecule has 1 aliphatic rings. The fourth-order valence-corrected chi connectivity index (χ4v) is 2.80. The summed E-state index contributed by atoms with van der Waals surface area (Å²) in [6, 6.07) is 0.909. The highest BCUT2D eigenvalue weighted by Crippen LogP contribution is 2.42. The maximum atomic E-state index is 15.6. The van der Waals surface area contributed by atoms with Crippen LogP contribution in [0.2, 0.25) is 0 Å². The number of ether oxygens (including phenoxy) is 3. The Morgan fingerprint density at radius 3 is 2.37 bits per heavy atom. The first-order valence-electron chi connectivity index (χ1n) is 8.36. The number of H-pyrrole nitrogens is 1. The number of hydrogen-bond donors (Lipinski definition) is 3. The maximum Gasteiger partial charge on any atom is 0.330 e. The minimum atomic E-state index is -2.64. The van der Waals surface area contributed by atoms with E-state index in [1.165, 1.54) is 0 Å². The van der Waals surface area contributed by atoms with Crippen LogP contribution in [0, 0.1) is 0 Å². The molecule has 1 saturated heterocycles. The molecule has 1 aromatic heterocycles. The van der Waals surface area contributed by atoms with Gasteiger partial charge in [0.15, 0.2) is 18.0 Å². The summed E-state index contributed by atoms with van der Waals surface area (Å²) in [5, 5.41) is 17.2. The lowest BCUT2D eigenvalue weighted by molar-refractivity contribution is -0.164. The molecule has 0 unspecified atom stereocenters. The van der Waals surface area contributed by atoms with E-state index in [1.54, 1.807) is 0 Å². The van der Waals surface area contributed by atoms with Gasteiger partial charge in [-0.05, 0) is 6.92 Å². The third kappa shape index (κ3) is 5.28. The fourth-order valence-electron chi connectivity index (χ4n) is 2.80. The molecular formula is C16H17FN2O11. The Hall–Kier alpha value is -3.55. The zero-order chi connectivity index (χ0) is 22.6. The van der Waals surface area contributed by atoms with Crippen LogP contribution in [0.3, 0.4) is 0 Å². The summed E-state index contributed by atoms with van der Waals surface area (Å²) in [5.41, 5.74) is -4.45. The van der Waals surface area contributed by atoms with Crippen LogP contribution in [-0.2, 0) is 33.4 Å². The number of alkyl halides is 1. The quantitative estimate of drug-likeness (QED) is 0.322. The van der Waals surface area contributed by atoms with E-state index in [0.717, 1.165) is 19.2 Å². The molecule has 1 fully saturated rings. The largest absolute Gasteiger partial charge is 0.481 e. The first-order chi connectivity index (χ1) is 13.9. The van der Waals surface area contributed by atoms with Gasteiger partial charge in [-0.15, -0.1) is 0 Å². The molecule has 0 saturated carbocycles. The molecule has 4 atom stereocenters. The molecule has 0 amide bonds. The molecule has 14 heteroatoms. The minimum absolute atomic E-state index is 0.665. The molecule has 2 heterocycles. The second-order valence-corrected chi connectivity index (χ2v) is 6.43. The van der Waals surface area contributed by atoms with Crippen LogP contribution in [0.1, 0.15) is 26.0 Å². The van der Waals surface area contributed by atoms with E-state index >= 15 is 4.39 Å². The van der Waals surface area contributed by atoms with Gasteiger partial charge in [0, 0.05) is 12.3 Å². The van der Waals surface area contributed by atoms with E-state index in [2.05, 4.69) is 0 Å². The van der Waals surface area contributed by atoms with Gasteiger partial charge < -0.3 is 24.4 Å². The number of halogens is 1. The number of carboxylic acids is 2. The normalized spacial score (nSPS) is 25.5. The lowest BCUT2D eigenvalue weighted by atomic mass is 9.98. The summed E-state index contributed by atoms with van der Waals surface area (Å²) < 4.78 is 31.1. The Balaban J connectivity index is 2.31. The van der Waals surface area contributed by atoms with Crippen molar-refractivity contribution in [3.05, 3.63) is 33.1 Å². The van der Waals surface area contributed by atoms with E-state index < -0.39 is 78.7 Å². The number of esters is 2. The average molecular weight is 432 g/mol. The minimum Gasteiger partial charge on any atom is -0.481 e. The molecule has 1 aliphatic heterocycles. The van der Waals surface area contributed by atoms with Crippen LogP contribution >= 0.6 is 0 Å². The van der Waals surface area contributed by atoms with Crippen molar-refractivity contribution in [3.8, 4) is 0 Å². The highest BCUT2D eigenvalue weighted by atomic mass is 19.1. The molecule has 0 radical (unpaired) electrons. The van der Waals surface area contributed by atoms with Crippen LogP contribution in [0.4, 0.5) is 4.39 Å². The number of aliphatic carboxylic acids is 2. The number of carbonyl (C=O) groups is 4. The number of carbonyl (C=O) groups excluding carboxylic acids is 2. The number of nitrogens with zero attached hydrogens (tertiary/aromatic N) is 1. The van der Waals surface area contributed by atoms with Crippen molar-refractivity contribution in [2.24, 2.45) is 0 Å².